The summed E-state index contributed by atoms with van der Waals surface area (Å²) < 4.78 is 0. The van der Waals surface area contributed by atoms with E-state index in [1.54, 1.807) is 0 Å². The topological polar surface area (TPSA) is 0 Å². The van der Waals surface area contributed by atoms with Gasteiger partial charge in [0, 0.05) is 0 Å². The molecule has 0 saturated heterocycles. The first-order valence-electron chi connectivity index (χ1n) is 8.74. The van der Waals surface area contributed by atoms with Gasteiger partial charge in [-0.1, -0.05) is 39.3 Å². The highest BCUT2D eigenvalue weighted by molar-refractivity contribution is 6.79. The summed E-state index contributed by atoms with van der Waals surface area (Å²) in [5, 5.41) is 0. The molecule has 0 saturated carbocycles. The summed E-state index contributed by atoms with van der Waals surface area (Å²) in [6.45, 7) is 15.8. The Labute approximate surface area is 133 Å². The fourth-order valence-electron chi connectivity index (χ4n) is 5.43. The fraction of sp³-hybridized carbons (Fsp3) is 0.667. The maximum atomic E-state index is 2.63. The molecule has 0 fully saturated rings. The molecule has 0 unspecified atom stereocenters. The molecular formula is C18H30Si3. The highest BCUT2D eigenvalue weighted by Crippen LogP contribution is 2.46. The molecule has 3 aliphatic rings. The molecule has 0 atom stereocenters. The number of hydrogen-bond acceptors (Lipinski definition) is 0. The van der Waals surface area contributed by atoms with Gasteiger partial charge >= 0.3 is 0 Å². The Hall–Kier alpha value is -0.129. The maximum absolute atomic E-state index is 2.63. The molecule has 1 aromatic rings. The van der Waals surface area contributed by atoms with E-state index in [1.165, 1.54) is 36.3 Å². The Morgan fingerprint density at radius 3 is 0.667 bits per heavy atom. The molecule has 21 heavy (non-hydrogen) atoms. The van der Waals surface area contributed by atoms with Crippen LogP contribution in [0.5, 0.6) is 0 Å². The molecule has 0 spiro atoms. The quantitative estimate of drug-likeness (QED) is 0.621. The van der Waals surface area contributed by atoms with Crippen molar-refractivity contribution in [3.63, 3.8) is 0 Å². The monoisotopic (exact) mass is 330 g/mol. The van der Waals surface area contributed by atoms with E-state index in [-0.39, 0.29) is 0 Å². The summed E-state index contributed by atoms with van der Waals surface area (Å²) in [6.07, 6.45) is 0. The van der Waals surface area contributed by atoms with Gasteiger partial charge in [0.25, 0.3) is 0 Å². The summed E-state index contributed by atoms with van der Waals surface area (Å²) in [7, 11) is -2.98. The zero-order chi connectivity index (χ0) is 15.2. The van der Waals surface area contributed by atoms with Crippen LogP contribution in [0, 0.1) is 0 Å². The molecule has 114 valence electrons. The zero-order valence-electron chi connectivity index (χ0n) is 14.7. The van der Waals surface area contributed by atoms with Gasteiger partial charge in [-0.05, 0) is 69.6 Å². The third-order valence-corrected chi connectivity index (χ3v) is 14.0. The largest absolute Gasteiger partial charge is 0.0689 e. The standard InChI is InChI=1S/C18H30Si3/c1-19(2)7-13-14(8-19)16-10-21(5,6)12-18(16)17-11-20(3,4)9-15(13)17/h7-12H2,1-6H3. The van der Waals surface area contributed by atoms with E-state index in [0.29, 0.717) is 0 Å². The van der Waals surface area contributed by atoms with Crippen LogP contribution in [0.25, 0.3) is 0 Å². The Bertz CT molecular complexity index is 492. The van der Waals surface area contributed by atoms with E-state index < -0.39 is 24.2 Å². The molecule has 1 aromatic carbocycles. The van der Waals surface area contributed by atoms with E-state index in [2.05, 4.69) is 39.3 Å². The van der Waals surface area contributed by atoms with Crippen LogP contribution in [0.3, 0.4) is 0 Å². The van der Waals surface area contributed by atoms with Gasteiger partial charge in [-0.25, -0.2) is 0 Å². The molecule has 3 heteroatoms. The van der Waals surface area contributed by atoms with Gasteiger partial charge in [-0.3, -0.25) is 0 Å². The lowest BCUT2D eigenvalue weighted by molar-refractivity contribution is 1.14. The molecule has 0 aromatic heterocycles. The number of rotatable bonds is 0. The average molecular weight is 331 g/mol. The van der Waals surface area contributed by atoms with Crippen LogP contribution in [0.15, 0.2) is 0 Å². The van der Waals surface area contributed by atoms with Crippen LogP contribution >= 0.6 is 0 Å². The molecule has 0 bridgehead atoms. The van der Waals surface area contributed by atoms with Crippen LogP contribution < -0.4 is 0 Å². The minimum absolute atomic E-state index is 0.992. The van der Waals surface area contributed by atoms with Crippen LogP contribution in [-0.2, 0) is 36.3 Å². The molecule has 3 aliphatic heterocycles. The third-order valence-electron chi connectivity index (χ3n) is 6.12. The van der Waals surface area contributed by atoms with Crippen molar-refractivity contribution in [2.45, 2.75) is 75.5 Å². The number of fused-ring (bicyclic) bond motifs is 6. The van der Waals surface area contributed by atoms with Crippen molar-refractivity contribution < 1.29 is 0 Å². The van der Waals surface area contributed by atoms with Crippen LogP contribution in [0.4, 0.5) is 0 Å². The Morgan fingerprint density at radius 1 is 0.381 bits per heavy atom. The van der Waals surface area contributed by atoms with Crippen molar-refractivity contribution in [3.05, 3.63) is 33.4 Å². The summed E-state index contributed by atoms with van der Waals surface area (Å²) >= 11 is 0. The summed E-state index contributed by atoms with van der Waals surface area (Å²) in [6, 6.07) is 8.94. The lowest BCUT2D eigenvalue weighted by atomic mass is 9.90. The van der Waals surface area contributed by atoms with Crippen molar-refractivity contribution in [3.8, 4) is 0 Å². The average Bonchev–Trinajstić information content (AvgIpc) is 2.88. The van der Waals surface area contributed by atoms with Gasteiger partial charge in [0.2, 0.25) is 0 Å². The molecule has 4 rings (SSSR count). The Morgan fingerprint density at radius 2 is 0.524 bits per heavy atom. The smallest absolute Gasteiger partial charge is 0.0561 e. The Balaban J connectivity index is 1.96. The second kappa shape index (κ2) is 4.04. The molecule has 0 amide bonds. The summed E-state index contributed by atoms with van der Waals surface area (Å²) in [5.74, 6) is 0. The first kappa shape index (κ1) is 14.5. The van der Waals surface area contributed by atoms with Gasteiger partial charge in [-0.15, -0.1) is 0 Å². The number of benzene rings is 1. The van der Waals surface area contributed by atoms with Crippen molar-refractivity contribution in [1.82, 2.24) is 0 Å². The molecule has 3 heterocycles. The van der Waals surface area contributed by atoms with Gasteiger partial charge in [0.1, 0.15) is 0 Å². The first-order valence-corrected chi connectivity index (χ1v) is 19.0. The van der Waals surface area contributed by atoms with Gasteiger partial charge < -0.3 is 0 Å². The van der Waals surface area contributed by atoms with Crippen LogP contribution in [0.1, 0.15) is 33.4 Å². The van der Waals surface area contributed by atoms with Gasteiger partial charge in [0.15, 0.2) is 0 Å². The van der Waals surface area contributed by atoms with Gasteiger partial charge in [0.05, 0.1) is 24.2 Å². The SMILES string of the molecule is C[Si]1(C)Cc2c3c(c4c(c2C1)C[Si](C)(C)C4)C[Si](C)(C)C3. The van der Waals surface area contributed by atoms with Crippen LogP contribution in [-0.4, -0.2) is 24.2 Å². The molecule has 0 N–H and O–H groups in total. The lowest BCUT2D eigenvalue weighted by Gasteiger charge is -2.15. The number of hydrogen-bond donors (Lipinski definition) is 0. The zero-order valence-corrected chi connectivity index (χ0v) is 17.7. The second-order valence-electron chi connectivity index (χ2n) is 10.4. The lowest BCUT2D eigenvalue weighted by Crippen LogP contribution is -2.28. The fourth-order valence-corrected chi connectivity index (χ4v) is 14.1. The maximum Gasteiger partial charge on any atom is 0.0561 e. The van der Waals surface area contributed by atoms with Crippen molar-refractivity contribution >= 4 is 24.2 Å². The van der Waals surface area contributed by atoms with E-state index in [0.717, 1.165) is 0 Å². The highest BCUT2D eigenvalue weighted by atomic mass is 28.3. The van der Waals surface area contributed by atoms with Crippen molar-refractivity contribution in [2.75, 3.05) is 0 Å². The van der Waals surface area contributed by atoms with E-state index >= 15 is 0 Å². The van der Waals surface area contributed by atoms with E-state index in [4.69, 9.17) is 0 Å². The molecular weight excluding hydrogens is 300 g/mol. The van der Waals surface area contributed by atoms with Crippen LogP contribution in [0.2, 0.25) is 39.3 Å². The summed E-state index contributed by atoms with van der Waals surface area (Å²) in [5.41, 5.74) is 11.4. The van der Waals surface area contributed by atoms with Crippen molar-refractivity contribution in [2.24, 2.45) is 0 Å². The highest BCUT2D eigenvalue weighted by Gasteiger charge is 2.45. The first-order chi connectivity index (χ1) is 9.57. The predicted octanol–water partition coefficient (Wildman–Crippen LogP) is 4.34. The second-order valence-corrected chi connectivity index (χ2v) is 25.5. The van der Waals surface area contributed by atoms with Gasteiger partial charge in [-0.2, -0.15) is 0 Å². The predicted molar refractivity (Wildman–Crippen MR) is 101 cm³/mol. The summed E-state index contributed by atoms with van der Waals surface area (Å²) in [4.78, 5) is 0. The Kier molecular flexibility index (Phi) is 2.78. The normalized spacial score (nSPS) is 26.6. The van der Waals surface area contributed by atoms with E-state index in [1.807, 2.05) is 33.4 Å². The van der Waals surface area contributed by atoms with Crippen molar-refractivity contribution in [1.29, 1.82) is 0 Å². The molecule has 0 aliphatic carbocycles. The molecule has 0 radical (unpaired) electrons. The minimum Gasteiger partial charge on any atom is -0.0689 e. The van der Waals surface area contributed by atoms with E-state index in [9.17, 15) is 0 Å². The molecule has 0 nitrogen and oxygen atoms in total. The minimum atomic E-state index is -0.992. The third kappa shape index (κ3) is 2.19.